The Hall–Kier alpha value is -0.120. The van der Waals surface area contributed by atoms with Gasteiger partial charge < -0.3 is 15.7 Å². The van der Waals surface area contributed by atoms with Gasteiger partial charge in [-0.25, -0.2) is 0 Å². The van der Waals surface area contributed by atoms with Crippen LogP contribution in [0.2, 0.25) is 0 Å². The molecule has 78 valence electrons. The Balaban J connectivity index is 2.33. The quantitative estimate of drug-likeness (QED) is 0.675. The molecule has 0 aromatic rings. The molecule has 1 atom stereocenters. The lowest BCUT2D eigenvalue weighted by molar-refractivity contribution is 0.0723. The molecule has 1 aliphatic rings. The lowest BCUT2D eigenvalue weighted by atomic mass is 9.89. The van der Waals surface area contributed by atoms with E-state index in [0.29, 0.717) is 0 Å². The van der Waals surface area contributed by atoms with Crippen LogP contribution in [0.4, 0.5) is 0 Å². The molecule has 0 aliphatic heterocycles. The molecule has 0 radical (unpaired) electrons. The minimum absolute atomic E-state index is 0.282. The highest BCUT2D eigenvalue weighted by Gasteiger charge is 2.36. The summed E-state index contributed by atoms with van der Waals surface area (Å²) in [5, 5.41) is 9.91. The molecule has 0 aromatic heterocycles. The fourth-order valence-corrected chi connectivity index (χ4v) is 2.03. The standard InChI is InChI=1S/C10H22N2O/c1-12(2)8-5-9(13)10(11)6-3-4-7-10/h9,13H,3-8,11H2,1-2H3. The molecule has 0 heterocycles. The van der Waals surface area contributed by atoms with E-state index in [-0.39, 0.29) is 11.6 Å². The molecule has 1 aliphatic carbocycles. The second kappa shape index (κ2) is 4.40. The van der Waals surface area contributed by atoms with Gasteiger partial charge in [-0.05, 0) is 33.4 Å². The van der Waals surface area contributed by atoms with Crippen molar-refractivity contribution in [3.8, 4) is 0 Å². The average molecular weight is 186 g/mol. The Bertz CT molecular complexity index is 153. The number of rotatable bonds is 4. The molecule has 0 bridgehead atoms. The molecule has 1 unspecified atom stereocenters. The molecule has 0 aromatic carbocycles. The summed E-state index contributed by atoms with van der Waals surface area (Å²) in [5.41, 5.74) is 5.84. The summed E-state index contributed by atoms with van der Waals surface area (Å²) in [4.78, 5) is 2.08. The summed E-state index contributed by atoms with van der Waals surface area (Å²) >= 11 is 0. The molecule has 3 N–H and O–H groups in total. The third-order valence-electron chi connectivity index (χ3n) is 3.05. The van der Waals surface area contributed by atoms with Crippen LogP contribution < -0.4 is 5.73 Å². The molecule has 0 spiro atoms. The Labute approximate surface area is 80.9 Å². The van der Waals surface area contributed by atoms with Crippen LogP contribution in [0.25, 0.3) is 0 Å². The first-order valence-corrected chi connectivity index (χ1v) is 5.16. The highest BCUT2D eigenvalue weighted by atomic mass is 16.3. The van der Waals surface area contributed by atoms with E-state index in [1.165, 1.54) is 12.8 Å². The first-order chi connectivity index (χ1) is 6.04. The zero-order valence-electron chi connectivity index (χ0n) is 8.79. The number of aliphatic hydroxyl groups is 1. The lowest BCUT2D eigenvalue weighted by Crippen LogP contribution is -2.49. The van der Waals surface area contributed by atoms with Crippen LogP contribution in [0.15, 0.2) is 0 Å². The van der Waals surface area contributed by atoms with Gasteiger partial charge in [0.2, 0.25) is 0 Å². The van der Waals surface area contributed by atoms with Gasteiger partial charge in [-0.1, -0.05) is 12.8 Å². The molecule has 0 amide bonds. The summed E-state index contributed by atoms with van der Waals surface area (Å²) < 4.78 is 0. The maximum atomic E-state index is 9.91. The topological polar surface area (TPSA) is 49.5 Å². The number of nitrogens with two attached hydrogens (primary N) is 1. The summed E-state index contributed by atoms with van der Waals surface area (Å²) in [6, 6.07) is 0. The summed E-state index contributed by atoms with van der Waals surface area (Å²) in [5.74, 6) is 0. The largest absolute Gasteiger partial charge is 0.391 e. The second-order valence-electron chi connectivity index (χ2n) is 4.55. The number of hydrogen-bond acceptors (Lipinski definition) is 3. The van der Waals surface area contributed by atoms with Crippen LogP contribution in [0.5, 0.6) is 0 Å². The van der Waals surface area contributed by atoms with E-state index in [9.17, 15) is 5.11 Å². The van der Waals surface area contributed by atoms with Crippen molar-refractivity contribution in [3.63, 3.8) is 0 Å². The van der Waals surface area contributed by atoms with Crippen LogP contribution in [-0.2, 0) is 0 Å². The molecule has 1 rings (SSSR count). The van der Waals surface area contributed by atoms with Crippen molar-refractivity contribution in [1.29, 1.82) is 0 Å². The lowest BCUT2D eigenvalue weighted by Gasteiger charge is -2.30. The van der Waals surface area contributed by atoms with Gasteiger partial charge in [0.1, 0.15) is 0 Å². The number of aliphatic hydroxyl groups excluding tert-OH is 1. The smallest absolute Gasteiger partial charge is 0.0731 e. The molecule has 13 heavy (non-hydrogen) atoms. The highest BCUT2D eigenvalue weighted by molar-refractivity contribution is 4.95. The van der Waals surface area contributed by atoms with E-state index in [2.05, 4.69) is 4.90 Å². The molecule has 3 heteroatoms. The van der Waals surface area contributed by atoms with Crippen LogP contribution in [0.1, 0.15) is 32.1 Å². The summed E-state index contributed by atoms with van der Waals surface area (Å²) in [6.07, 6.45) is 4.80. The van der Waals surface area contributed by atoms with Crippen LogP contribution >= 0.6 is 0 Å². The van der Waals surface area contributed by atoms with Crippen molar-refractivity contribution < 1.29 is 5.11 Å². The van der Waals surface area contributed by atoms with Crippen molar-refractivity contribution in [2.45, 2.75) is 43.7 Å². The van der Waals surface area contributed by atoms with Crippen LogP contribution in [0.3, 0.4) is 0 Å². The number of hydrogen-bond donors (Lipinski definition) is 2. The maximum absolute atomic E-state index is 9.91. The van der Waals surface area contributed by atoms with E-state index in [0.717, 1.165) is 25.8 Å². The first-order valence-electron chi connectivity index (χ1n) is 5.16. The van der Waals surface area contributed by atoms with Crippen molar-refractivity contribution in [2.24, 2.45) is 5.73 Å². The summed E-state index contributed by atoms with van der Waals surface area (Å²) in [6.45, 7) is 0.917. The Morgan fingerprint density at radius 1 is 1.38 bits per heavy atom. The third-order valence-corrected chi connectivity index (χ3v) is 3.05. The van der Waals surface area contributed by atoms with Crippen molar-refractivity contribution >= 4 is 0 Å². The predicted octanol–water partition coefficient (Wildman–Crippen LogP) is 0.570. The minimum Gasteiger partial charge on any atom is -0.391 e. The number of nitrogens with zero attached hydrogens (tertiary/aromatic N) is 1. The van der Waals surface area contributed by atoms with Crippen LogP contribution in [-0.4, -0.2) is 42.3 Å². The van der Waals surface area contributed by atoms with Crippen molar-refractivity contribution in [3.05, 3.63) is 0 Å². The minimum atomic E-state index is -0.322. The normalized spacial score (nSPS) is 23.8. The van der Waals surface area contributed by atoms with Crippen molar-refractivity contribution in [2.75, 3.05) is 20.6 Å². The van der Waals surface area contributed by atoms with E-state index in [4.69, 9.17) is 5.73 Å². The van der Waals surface area contributed by atoms with Gasteiger partial charge in [0.05, 0.1) is 6.10 Å². The summed E-state index contributed by atoms with van der Waals surface area (Å²) in [7, 11) is 4.04. The third kappa shape index (κ3) is 2.93. The van der Waals surface area contributed by atoms with Gasteiger partial charge in [0.15, 0.2) is 0 Å². The Morgan fingerprint density at radius 3 is 2.38 bits per heavy atom. The van der Waals surface area contributed by atoms with Gasteiger partial charge in [-0.2, -0.15) is 0 Å². The molecule has 1 fully saturated rings. The molecular weight excluding hydrogens is 164 g/mol. The monoisotopic (exact) mass is 186 g/mol. The Kier molecular flexibility index (Phi) is 3.71. The molecule has 1 saturated carbocycles. The van der Waals surface area contributed by atoms with Crippen molar-refractivity contribution in [1.82, 2.24) is 4.90 Å². The van der Waals surface area contributed by atoms with E-state index >= 15 is 0 Å². The van der Waals surface area contributed by atoms with Gasteiger partial charge in [0, 0.05) is 12.1 Å². The molecule has 3 nitrogen and oxygen atoms in total. The fraction of sp³-hybridized carbons (Fsp3) is 1.00. The maximum Gasteiger partial charge on any atom is 0.0731 e. The average Bonchev–Trinajstić information content (AvgIpc) is 2.49. The SMILES string of the molecule is CN(C)CCC(O)C1(N)CCCC1. The first kappa shape index (κ1) is 11.0. The fourth-order valence-electron chi connectivity index (χ4n) is 2.03. The highest BCUT2D eigenvalue weighted by Crippen LogP contribution is 2.31. The second-order valence-corrected chi connectivity index (χ2v) is 4.55. The zero-order chi connectivity index (χ0) is 9.90. The van der Waals surface area contributed by atoms with Gasteiger partial charge >= 0.3 is 0 Å². The van der Waals surface area contributed by atoms with Crippen LogP contribution in [0, 0.1) is 0 Å². The van der Waals surface area contributed by atoms with Gasteiger partial charge in [-0.3, -0.25) is 0 Å². The van der Waals surface area contributed by atoms with E-state index < -0.39 is 0 Å². The van der Waals surface area contributed by atoms with E-state index in [1.54, 1.807) is 0 Å². The van der Waals surface area contributed by atoms with E-state index in [1.807, 2.05) is 14.1 Å². The van der Waals surface area contributed by atoms with Gasteiger partial charge in [0.25, 0.3) is 0 Å². The zero-order valence-corrected chi connectivity index (χ0v) is 8.79. The Morgan fingerprint density at radius 2 is 1.92 bits per heavy atom. The van der Waals surface area contributed by atoms with Gasteiger partial charge in [-0.15, -0.1) is 0 Å². The molecular formula is C10H22N2O. The predicted molar refractivity (Wildman–Crippen MR) is 54.6 cm³/mol. The molecule has 0 saturated heterocycles.